The van der Waals surface area contributed by atoms with Gasteiger partial charge in [0.25, 0.3) is 0 Å². The molecule has 0 amide bonds. The molecule has 1 saturated carbocycles. The van der Waals surface area contributed by atoms with E-state index in [0.717, 1.165) is 18.4 Å². The van der Waals surface area contributed by atoms with Gasteiger partial charge in [0.15, 0.2) is 0 Å². The van der Waals surface area contributed by atoms with Crippen LogP contribution in [0.5, 0.6) is 0 Å². The van der Waals surface area contributed by atoms with E-state index >= 15 is 0 Å². The van der Waals surface area contributed by atoms with Crippen LogP contribution in [-0.4, -0.2) is 11.1 Å². The van der Waals surface area contributed by atoms with Gasteiger partial charge in [0.2, 0.25) is 0 Å². The van der Waals surface area contributed by atoms with Crippen molar-refractivity contribution >= 4 is 5.97 Å². The molecule has 124 valence electrons. The van der Waals surface area contributed by atoms with Crippen LogP contribution >= 0.6 is 0 Å². The van der Waals surface area contributed by atoms with Crippen molar-refractivity contribution < 1.29 is 9.90 Å². The molecule has 1 N–H and O–H groups in total. The first kappa shape index (κ1) is 17.3. The molecule has 2 rings (SSSR count). The molecule has 1 fully saturated rings. The zero-order valence-corrected chi connectivity index (χ0v) is 14.9. The van der Waals surface area contributed by atoms with Crippen LogP contribution in [0.4, 0.5) is 0 Å². The number of hydrogen-bond donors (Lipinski definition) is 1. The number of aliphatic carboxylic acids is 1. The van der Waals surface area contributed by atoms with Crippen LogP contribution in [0.3, 0.4) is 0 Å². The summed E-state index contributed by atoms with van der Waals surface area (Å²) in [5, 5.41) is 8.91. The van der Waals surface area contributed by atoms with Gasteiger partial charge < -0.3 is 5.11 Å². The van der Waals surface area contributed by atoms with Gasteiger partial charge >= 0.3 is 5.97 Å². The van der Waals surface area contributed by atoms with Crippen molar-refractivity contribution in [2.75, 3.05) is 0 Å². The first-order valence-corrected chi connectivity index (χ1v) is 8.77. The Morgan fingerprint density at radius 1 is 1.36 bits per heavy atom. The first-order valence-electron chi connectivity index (χ1n) is 8.77. The summed E-state index contributed by atoms with van der Waals surface area (Å²) >= 11 is 0. The number of carboxylic acid groups (broad SMARTS) is 1. The Kier molecular flexibility index (Phi) is 4.89. The zero-order chi connectivity index (χ0) is 16.5. The zero-order valence-electron chi connectivity index (χ0n) is 14.9. The maximum absolute atomic E-state index is 10.8. The molecule has 0 aromatic heterocycles. The van der Waals surface area contributed by atoms with Crippen LogP contribution in [0.1, 0.15) is 73.1 Å². The van der Waals surface area contributed by atoms with Gasteiger partial charge in [0.05, 0.1) is 0 Å². The fourth-order valence-corrected chi connectivity index (χ4v) is 4.66. The minimum atomic E-state index is -0.824. The van der Waals surface area contributed by atoms with Gasteiger partial charge in [-0.2, -0.15) is 0 Å². The number of hydrogen-bond acceptors (Lipinski definition) is 1. The number of allylic oxidation sites excluding steroid dienone is 3. The van der Waals surface area contributed by atoms with E-state index < -0.39 is 5.97 Å². The van der Waals surface area contributed by atoms with Crippen LogP contribution in [0.2, 0.25) is 0 Å². The maximum atomic E-state index is 10.8. The Morgan fingerprint density at radius 2 is 2.05 bits per heavy atom. The van der Waals surface area contributed by atoms with Crippen molar-refractivity contribution in [2.45, 2.75) is 73.1 Å². The molecule has 3 atom stereocenters. The van der Waals surface area contributed by atoms with Crippen molar-refractivity contribution in [3.63, 3.8) is 0 Å². The number of carboxylic acids is 1. The Labute approximate surface area is 135 Å². The Bertz CT molecular complexity index is 498. The minimum Gasteiger partial charge on any atom is -0.478 e. The molecule has 0 aromatic carbocycles. The highest BCUT2D eigenvalue weighted by Crippen LogP contribution is 2.58. The molecule has 22 heavy (non-hydrogen) atoms. The summed E-state index contributed by atoms with van der Waals surface area (Å²) in [6.07, 6.45) is 11.0. The summed E-state index contributed by atoms with van der Waals surface area (Å²) in [6, 6.07) is 0. The molecule has 0 aromatic rings. The van der Waals surface area contributed by atoms with Crippen LogP contribution < -0.4 is 0 Å². The number of carbonyl (C=O) groups is 1. The molecule has 0 saturated heterocycles. The molecule has 2 aliphatic rings. The third-order valence-corrected chi connectivity index (χ3v) is 6.52. The number of rotatable bonds is 4. The second kappa shape index (κ2) is 6.22. The van der Waals surface area contributed by atoms with Gasteiger partial charge in [-0.05, 0) is 68.1 Å². The van der Waals surface area contributed by atoms with E-state index in [1.807, 2.05) is 6.92 Å². The monoisotopic (exact) mass is 304 g/mol. The largest absolute Gasteiger partial charge is 0.478 e. The SMILES string of the molecule is C/C(=C\C(=O)O)CC[C@]1(C)C2=CCCC(C)(C)[C@@H]2CC[C@H]1C. The second-order valence-electron chi connectivity index (χ2n) is 8.46. The Balaban J connectivity index is 2.22. The third kappa shape index (κ3) is 3.31. The van der Waals surface area contributed by atoms with Gasteiger partial charge in [-0.1, -0.05) is 44.9 Å². The highest BCUT2D eigenvalue weighted by molar-refractivity contribution is 5.80. The Morgan fingerprint density at radius 3 is 2.68 bits per heavy atom. The summed E-state index contributed by atoms with van der Waals surface area (Å²) < 4.78 is 0. The standard InChI is InChI=1S/C20H32O2/c1-14(13-18(21)22)10-12-20(5)15(2)8-9-16-17(20)7-6-11-19(16,3)4/h7,13,15-16H,6,8-12H2,1-5H3,(H,21,22)/b14-13+/t15-,16-,20+/m1/s1. The van der Waals surface area contributed by atoms with E-state index in [2.05, 4.69) is 33.8 Å². The average molecular weight is 304 g/mol. The minimum absolute atomic E-state index is 0.230. The van der Waals surface area contributed by atoms with Crippen LogP contribution in [0, 0.1) is 22.7 Å². The van der Waals surface area contributed by atoms with E-state index in [9.17, 15) is 4.79 Å². The van der Waals surface area contributed by atoms with E-state index in [4.69, 9.17) is 5.11 Å². The molecule has 2 nitrogen and oxygen atoms in total. The van der Waals surface area contributed by atoms with E-state index in [-0.39, 0.29) is 5.41 Å². The lowest BCUT2D eigenvalue weighted by Crippen LogP contribution is -2.43. The topological polar surface area (TPSA) is 37.3 Å². The van der Waals surface area contributed by atoms with Crippen molar-refractivity contribution in [1.29, 1.82) is 0 Å². The summed E-state index contributed by atoms with van der Waals surface area (Å²) in [4.78, 5) is 10.8. The van der Waals surface area contributed by atoms with E-state index in [1.54, 1.807) is 5.57 Å². The first-order chi connectivity index (χ1) is 10.2. The van der Waals surface area contributed by atoms with E-state index in [0.29, 0.717) is 17.3 Å². The third-order valence-electron chi connectivity index (χ3n) is 6.52. The van der Waals surface area contributed by atoms with Crippen LogP contribution in [-0.2, 0) is 4.79 Å². The molecule has 0 heterocycles. The lowest BCUT2D eigenvalue weighted by Gasteiger charge is -2.53. The summed E-state index contributed by atoms with van der Waals surface area (Å²) in [6.45, 7) is 11.6. The predicted octanol–water partition coefficient (Wildman–Crippen LogP) is 5.60. The molecular weight excluding hydrogens is 272 g/mol. The van der Waals surface area contributed by atoms with Gasteiger partial charge in [0, 0.05) is 6.08 Å². The van der Waals surface area contributed by atoms with Gasteiger partial charge in [-0.3, -0.25) is 0 Å². The molecule has 0 spiro atoms. The average Bonchev–Trinajstić information content (AvgIpc) is 2.40. The molecule has 2 heteroatoms. The fourth-order valence-electron chi connectivity index (χ4n) is 4.66. The van der Waals surface area contributed by atoms with Crippen molar-refractivity contribution in [1.82, 2.24) is 0 Å². The van der Waals surface area contributed by atoms with Crippen molar-refractivity contribution in [3.8, 4) is 0 Å². The normalized spacial score (nSPS) is 34.8. The highest BCUT2D eigenvalue weighted by atomic mass is 16.4. The summed E-state index contributed by atoms with van der Waals surface area (Å²) in [7, 11) is 0. The lowest BCUT2D eigenvalue weighted by atomic mass is 9.52. The molecule has 0 bridgehead atoms. The Hall–Kier alpha value is -1.05. The van der Waals surface area contributed by atoms with Crippen molar-refractivity contribution in [2.24, 2.45) is 22.7 Å². The summed E-state index contributed by atoms with van der Waals surface area (Å²) in [5.41, 5.74) is 3.30. The van der Waals surface area contributed by atoms with E-state index in [1.165, 1.54) is 31.8 Å². The quantitative estimate of drug-likeness (QED) is 0.542. The molecule has 0 unspecified atom stereocenters. The predicted molar refractivity (Wildman–Crippen MR) is 91.7 cm³/mol. The van der Waals surface area contributed by atoms with Gasteiger partial charge in [0.1, 0.15) is 0 Å². The molecule has 2 aliphatic carbocycles. The smallest absolute Gasteiger partial charge is 0.328 e. The second-order valence-corrected chi connectivity index (χ2v) is 8.46. The molecule has 0 radical (unpaired) electrons. The highest BCUT2D eigenvalue weighted by Gasteiger charge is 2.47. The summed E-state index contributed by atoms with van der Waals surface area (Å²) in [5.74, 6) is 0.572. The lowest BCUT2D eigenvalue weighted by molar-refractivity contribution is -0.131. The van der Waals surface area contributed by atoms with Crippen LogP contribution in [0.25, 0.3) is 0 Å². The van der Waals surface area contributed by atoms with Crippen molar-refractivity contribution in [3.05, 3.63) is 23.3 Å². The fraction of sp³-hybridized carbons (Fsp3) is 0.750. The molecular formula is C20H32O2. The van der Waals surface area contributed by atoms with Gasteiger partial charge in [-0.25, -0.2) is 4.79 Å². The number of fused-ring (bicyclic) bond motifs is 1. The van der Waals surface area contributed by atoms with Gasteiger partial charge in [-0.15, -0.1) is 0 Å². The maximum Gasteiger partial charge on any atom is 0.328 e. The molecule has 0 aliphatic heterocycles. The van der Waals surface area contributed by atoms with Crippen LogP contribution in [0.15, 0.2) is 23.3 Å².